The lowest BCUT2D eigenvalue weighted by Crippen LogP contribution is -2.08. The Hall–Kier alpha value is -3.21. The number of benzene rings is 1. The zero-order valence-electron chi connectivity index (χ0n) is 14.7. The molecule has 0 amide bonds. The first-order valence-electron chi connectivity index (χ1n) is 8.35. The SMILES string of the molecule is FC(F)(F)c1ccc(Nc2nsc3cc(-c4ncccc4C(F)(F)F)ccc23)cn1. The molecule has 154 valence electrons. The zero-order valence-corrected chi connectivity index (χ0v) is 15.5. The van der Waals surface area contributed by atoms with Crippen LogP contribution in [0.2, 0.25) is 0 Å². The highest BCUT2D eigenvalue weighted by atomic mass is 32.1. The lowest BCUT2D eigenvalue weighted by atomic mass is 10.0. The van der Waals surface area contributed by atoms with Crippen LogP contribution in [0.25, 0.3) is 21.3 Å². The van der Waals surface area contributed by atoms with Gasteiger partial charge in [-0.1, -0.05) is 6.07 Å². The van der Waals surface area contributed by atoms with Gasteiger partial charge in [0.1, 0.15) is 5.69 Å². The van der Waals surface area contributed by atoms with Gasteiger partial charge in [-0.25, -0.2) is 4.98 Å². The molecule has 0 saturated heterocycles. The molecule has 4 aromatic rings. The number of pyridine rings is 2. The second kappa shape index (κ2) is 7.24. The number of rotatable bonds is 3. The molecule has 4 nitrogen and oxygen atoms in total. The Morgan fingerprint density at radius 3 is 2.33 bits per heavy atom. The van der Waals surface area contributed by atoms with E-state index in [0.29, 0.717) is 21.6 Å². The molecule has 3 aromatic heterocycles. The van der Waals surface area contributed by atoms with Crippen molar-refractivity contribution < 1.29 is 26.3 Å². The number of halogens is 6. The maximum atomic E-state index is 13.3. The smallest absolute Gasteiger partial charge is 0.338 e. The first kappa shape index (κ1) is 20.1. The predicted molar refractivity (Wildman–Crippen MR) is 100 cm³/mol. The molecule has 1 aromatic carbocycles. The van der Waals surface area contributed by atoms with Crippen LogP contribution in [0.4, 0.5) is 37.8 Å². The first-order valence-corrected chi connectivity index (χ1v) is 9.12. The van der Waals surface area contributed by atoms with Crippen molar-refractivity contribution in [2.75, 3.05) is 5.32 Å². The van der Waals surface area contributed by atoms with Crippen molar-refractivity contribution in [1.29, 1.82) is 0 Å². The fourth-order valence-electron chi connectivity index (χ4n) is 2.81. The van der Waals surface area contributed by atoms with Crippen LogP contribution in [0.1, 0.15) is 11.3 Å². The largest absolute Gasteiger partial charge is 0.433 e. The zero-order chi connectivity index (χ0) is 21.5. The van der Waals surface area contributed by atoms with Gasteiger partial charge in [0.2, 0.25) is 0 Å². The first-order chi connectivity index (χ1) is 14.1. The maximum Gasteiger partial charge on any atom is 0.433 e. The summed E-state index contributed by atoms with van der Waals surface area (Å²) in [7, 11) is 0. The summed E-state index contributed by atoms with van der Waals surface area (Å²) in [5, 5.41) is 3.48. The van der Waals surface area contributed by atoms with Gasteiger partial charge in [0.25, 0.3) is 0 Å². The van der Waals surface area contributed by atoms with Crippen LogP contribution in [-0.4, -0.2) is 14.3 Å². The van der Waals surface area contributed by atoms with E-state index in [4.69, 9.17) is 0 Å². The number of nitrogens with one attached hydrogen (secondary N) is 1. The van der Waals surface area contributed by atoms with Crippen molar-refractivity contribution in [2.24, 2.45) is 0 Å². The minimum atomic E-state index is -4.55. The number of fused-ring (bicyclic) bond motifs is 1. The molecular weight excluding hydrogens is 430 g/mol. The van der Waals surface area contributed by atoms with Gasteiger partial charge in [0.15, 0.2) is 5.82 Å². The fraction of sp³-hybridized carbons (Fsp3) is 0.105. The van der Waals surface area contributed by atoms with Crippen molar-refractivity contribution in [1.82, 2.24) is 14.3 Å². The van der Waals surface area contributed by atoms with E-state index in [-0.39, 0.29) is 11.3 Å². The Labute approximate surface area is 169 Å². The van der Waals surface area contributed by atoms with Gasteiger partial charge >= 0.3 is 12.4 Å². The molecule has 0 atom stereocenters. The van der Waals surface area contributed by atoms with Gasteiger partial charge in [-0.3, -0.25) is 4.98 Å². The quantitative estimate of drug-likeness (QED) is 0.368. The number of anilines is 2. The van der Waals surface area contributed by atoms with Crippen LogP contribution in [-0.2, 0) is 12.4 Å². The molecule has 11 heteroatoms. The second-order valence-corrected chi connectivity index (χ2v) is 7.00. The van der Waals surface area contributed by atoms with Crippen LogP contribution in [0.15, 0.2) is 54.9 Å². The van der Waals surface area contributed by atoms with Crippen LogP contribution in [0, 0.1) is 0 Å². The molecule has 0 aliphatic heterocycles. The lowest BCUT2D eigenvalue weighted by molar-refractivity contribution is -0.141. The number of hydrogen-bond acceptors (Lipinski definition) is 5. The maximum absolute atomic E-state index is 13.3. The Balaban J connectivity index is 1.66. The topological polar surface area (TPSA) is 50.7 Å². The Kier molecular flexibility index (Phi) is 4.85. The third-order valence-electron chi connectivity index (χ3n) is 4.18. The molecule has 0 aliphatic rings. The number of alkyl halides is 6. The minimum absolute atomic E-state index is 0.193. The summed E-state index contributed by atoms with van der Waals surface area (Å²) in [5.41, 5.74) is -1.48. The van der Waals surface area contributed by atoms with Crippen molar-refractivity contribution in [3.63, 3.8) is 0 Å². The summed E-state index contributed by atoms with van der Waals surface area (Å²) < 4.78 is 82.4. The summed E-state index contributed by atoms with van der Waals surface area (Å²) in [6, 6.07) is 8.86. The summed E-state index contributed by atoms with van der Waals surface area (Å²) in [6.07, 6.45) is -6.77. The standard InChI is InChI=1S/C19H10F6N4S/c20-18(21,22)13-2-1-7-26-16(13)10-3-5-12-14(8-10)30-29-17(12)28-11-4-6-15(27-9-11)19(23,24)25/h1-9H,(H,28,29). The molecule has 0 fully saturated rings. The van der Waals surface area contributed by atoms with Gasteiger partial charge in [-0.2, -0.15) is 30.7 Å². The minimum Gasteiger partial charge on any atom is -0.338 e. The van der Waals surface area contributed by atoms with Crippen LogP contribution < -0.4 is 5.32 Å². The van der Waals surface area contributed by atoms with Crippen LogP contribution in [0.5, 0.6) is 0 Å². The van der Waals surface area contributed by atoms with Crippen molar-refractivity contribution in [2.45, 2.75) is 12.4 Å². The average molecular weight is 440 g/mol. The molecule has 0 spiro atoms. The van der Waals surface area contributed by atoms with Crippen LogP contribution in [0.3, 0.4) is 0 Å². The molecule has 1 N–H and O–H groups in total. The van der Waals surface area contributed by atoms with Crippen molar-refractivity contribution in [3.8, 4) is 11.3 Å². The molecule has 0 unspecified atom stereocenters. The van der Waals surface area contributed by atoms with E-state index < -0.39 is 23.6 Å². The molecule has 0 aliphatic carbocycles. The Morgan fingerprint density at radius 2 is 1.67 bits per heavy atom. The van der Waals surface area contributed by atoms with Crippen molar-refractivity contribution in [3.05, 3.63) is 66.1 Å². The van der Waals surface area contributed by atoms with E-state index in [2.05, 4.69) is 19.7 Å². The summed E-state index contributed by atoms with van der Waals surface area (Å²) >= 11 is 1.04. The molecule has 0 bridgehead atoms. The second-order valence-electron chi connectivity index (χ2n) is 6.19. The number of hydrogen-bond donors (Lipinski definition) is 1. The average Bonchev–Trinajstić information content (AvgIpc) is 3.09. The highest BCUT2D eigenvalue weighted by Crippen LogP contribution is 2.38. The van der Waals surface area contributed by atoms with Gasteiger partial charge in [0, 0.05) is 17.1 Å². The fourth-order valence-corrected chi connectivity index (χ4v) is 3.59. The predicted octanol–water partition coefficient (Wildman–Crippen LogP) is 6.53. The molecule has 4 rings (SSSR count). The highest BCUT2D eigenvalue weighted by molar-refractivity contribution is 7.13. The third-order valence-corrected chi connectivity index (χ3v) is 4.98. The summed E-state index contributed by atoms with van der Waals surface area (Å²) in [5.74, 6) is 0.361. The van der Waals surface area contributed by atoms with E-state index in [0.717, 1.165) is 29.9 Å². The summed E-state index contributed by atoms with van der Waals surface area (Å²) in [4.78, 5) is 7.24. The van der Waals surface area contributed by atoms with E-state index >= 15 is 0 Å². The number of nitrogens with zero attached hydrogens (tertiary/aromatic N) is 3. The molecule has 0 saturated carbocycles. The van der Waals surface area contributed by atoms with Crippen LogP contribution >= 0.6 is 11.5 Å². The Bertz CT molecular complexity index is 1200. The Morgan fingerprint density at radius 1 is 0.867 bits per heavy atom. The van der Waals surface area contributed by atoms with Crippen molar-refractivity contribution >= 4 is 33.1 Å². The van der Waals surface area contributed by atoms with E-state index in [1.807, 2.05) is 0 Å². The normalized spacial score (nSPS) is 12.3. The third kappa shape index (κ3) is 3.92. The van der Waals surface area contributed by atoms with Gasteiger partial charge in [-0.05, 0) is 47.9 Å². The molecule has 0 radical (unpaired) electrons. The van der Waals surface area contributed by atoms with Gasteiger partial charge in [0.05, 0.1) is 27.8 Å². The van der Waals surface area contributed by atoms with Gasteiger partial charge < -0.3 is 5.32 Å². The summed E-state index contributed by atoms with van der Waals surface area (Å²) in [6.45, 7) is 0. The van der Waals surface area contributed by atoms with Gasteiger partial charge in [-0.15, -0.1) is 0 Å². The van der Waals surface area contributed by atoms with E-state index in [9.17, 15) is 26.3 Å². The number of aromatic nitrogens is 3. The highest BCUT2D eigenvalue weighted by Gasteiger charge is 2.34. The monoisotopic (exact) mass is 440 g/mol. The lowest BCUT2D eigenvalue weighted by Gasteiger charge is -2.11. The molecule has 30 heavy (non-hydrogen) atoms. The molecular formula is C19H10F6N4S. The van der Waals surface area contributed by atoms with E-state index in [1.165, 1.54) is 24.4 Å². The van der Waals surface area contributed by atoms with E-state index in [1.54, 1.807) is 12.1 Å². The molecule has 3 heterocycles.